The van der Waals surface area contributed by atoms with Crippen LogP contribution in [0.4, 0.5) is 4.39 Å². The molecule has 4 rings (SSSR count). The van der Waals surface area contributed by atoms with E-state index in [2.05, 4.69) is 15.1 Å². The number of aromatic nitrogens is 4. The summed E-state index contributed by atoms with van der Waals surface area (Å²) in [6, 6.07) is 12.0. The molecule has 0 bridgehead atoms. The molecule has 0 radical (unpaired) electrons. The van der Waals surface area contributed by atoms with Crippen LogP contribution in [0.15, 0.2) is 58.0 Å². The fraction of sp³-hybridized carbons (Fsp3) is 0.190. The van der Waals surface area contributed by atoms with Crippen LogP contribution >= 0.6 is 0 Å². The Morgan fingerprint density at radius 1 is 1.14 bits per heavy atom. The maximum atomic E-state index is 14.0. The van der Waals surface area contributed by atoms with Crippen LogP contribution in [0.2, 0.25) is 0 Å². The van der Waals surface area contributed by atoms with Gasteiger partial charge in [0.1, 0.15) is 5.82 Å². The Morgan fingerprint density at radius 3 is 2.52 bits per heavy atom. The summed E-state index contributed by atoms with van der Waals surface area (Å²) in [5.74, 6) is 0.474. The van der Waals surface area contributed by atoms with E-state index in [4.69, 9.17) is 4.52 Å². The predicted octanol–water partition coefficient (Wildman–Crippen LogP) is 3.39. The summed E-state index contributed by atoms with van der Waals surface area (Å²) in [6.07, 6.45) is 1.66. The van der Waals surface area contributed by atoms with Gasteiger partial charge in [0.15, 0.2) is 0 Å². The summed E-state index contributed by atoms with van der Waals surface area (Å²) in [7, 11) is 3.76. The number of nitrogens with zero attached hydrogens (tertiary/aromatic N) is 4. The van der Waals surface area contributed by atoms with E-state index in [9.17, 15) is 9.18 Å². The van der Waals surface area contributed by atoms with Gasteiger partial charge in [-0.1, -0.05) is 5.16 Å². The normalized spacial score (nSPS) is 11.3. The molecule has 0 aliphatic carbocycles. The van der Waals surface area contributed by atoms with Gasteiger partial charge in [-0.2, -0.15) is 4.98 Å². The number of H-pyrrole nitrogens is 1. The van der Waals surface area contributed by atoms with Crippen LogP contribution in [0.25, 0.3) is 28.5 Å². The van der Waals surface area contributed by atoms with E-state index in [1.807, 2.05) is 50.2 Å². The average Bonchev–Trinajstić information content (AvgIpc) is 3.30. The molecule has 0 spiro atoms. The van der Waals surface area contributed by atoms with Gasteiger partial charge in [-0.3, -0.25) is 4.57 Å². The zero-order valence-electron chi connectivity index (χ0n) is 16.3. The van der Waals surface area contributed by atoms with Gasteiger partial charge in [-0.25, -0.2) is 9.18 Å². The Kier molecular flexibility index (Phi) is 4.85. The number of benzene rings is 2. The maximum absolute atomic E-state index is 14.0. The largest absolute Gasteiger partial charge is 0.334 e. The second kappa shape index (κ2) is 7.48. The Labute approximate surface area is 166 Å². The average molecular weight is 393 g/mol. The third-order valence-electron chi connectivity index (χ3n) is 4.55. The number of aromatic amines is 1. The van der Waals surface area contributed by atoms with Crippen LogP contribution in [0.5, 0.6) is 0 Å². The number of nitrogens with one attached hydrogen (secondary N) is 1. The molecular weight excluding hydrogens is 373 g/mol. The van der Waals surface area contributed by atoms with Crippen molar-refractivity contribution in [3.05, 3.63) is 76.2 Å². The summed E-state index contributed by atoms with van der Waals surface area (Å²) in [6.45, 7) is 2.33. The lowest BCUT2D eigenvalue weighted by Gasteiger charge is -2.11. The molecular formula is C21H20FN5O2. The van der Waals surface area contributed by atoms with E-state index in [0.29, 0.717) is 29.4 Å². The van der Waals surface area contributed by atoms with Crippen molar-refractivity contribution in [3.63, 3.8) is 0 Å². The van der Waals surface area contributed by atoms with Crippen molar-refractivity contribution >= 4 is 0 Å². The van der Waals surface area contributed by atoms with Gasteiger partial charge in [-0.05, 0) is 63.5 Å². The molecule has 0 aliphatic rings. The summed E-state index contributed by atoms with van der Waals surface area (Å²) >= 11 is 0. The van der Waals surface area contributed by atoms with E-state index >= 15 is 0 Å². The quantitative estimate of drug-likeness (QED) is 0.562. The zero-order chi connectivity index (χ0) is 20.5. The number of halogens is 1. The smallest absolute Gasteiger partial charge is 0.330 e. The van der Waals surface area contributed by atoms with Gasteiger partial charge < -0.3 is 14.4 Å². The summed E-state index contributed by atoms with van der Waals surface area (Å²) in [5.41, 5.74) is 3.33. The van der Waals surface area contributed by atoms with Crippen molar-refractivity contribution < 1.29 is 8.91 Å². The van der Waals surface area contributed by atoms with E-state index in [-0.39, 0.29) is 11.5 Å². The van der Waals surface area contributed by atoms with E-state index in [1.54, 1.807) is 22.9 Å². The highest BCUT2D eigenvalue weighted by Gasteiger charge is 2.14. The van der Waals surface area contributed by atoms with Crippen molar-refractivity contribution in [2.75, 3.05) is 14.1 Å². The summed E-state index contributed by atoms with van der Waals surface area (Å²) in [4.78, 5) is 20.9. The van der Waals surface area contributed by atoms with Gasteiger partial charge in [-0.15, -0.1) is 0 Å². The third kappa shape index (κ3) is 3.74. The van der Waals surface area contributed by atoms with Crippen molar-refractivity contribution in [1.29, 1.82) is 0 Å². The van der Waals surface area contributed by atoms with Crippen molar-refractivity contribution in [2.45, 2.75) is 13.5 Å². The first-order valence-corrected chi connectivity index (χ1v) is 9.07. The van der Waals surface area contributed by atoms with E-state index in [0.717, 1.165) is 16.9 Å². The van der Waals surface area contributed by atoms with Crippen LogP contribution in [-0.2, 0) is 6.54 Å². The molecule has 1 N–H and O–H groups in total. The molecule has 2 heterocycles. The van der Waals surface area contributed by atoms with Crippen LogP contribution in [0.3, 0.4) is 0 Å². The van der Waals surface area contributed by atoms with Crippen molar-refractivity contribution in [2.24, 2.45) is 0 Å². The molecule has 0 saturated carbocycles. The minimum Gasteiger partial charge on any atom is -0.334 e. The van der Waals surface area contributed by atoms with Gasteiger partial charge in [0.2, 0.25) is 5.82 Å². The van der Waals surface area contributed by atoms with Crippen LogP contribution in [-0.4, -0.2) is 38.7 Å². The van der Waals surface area contributed by atoms with Crippen LogP contribution in [0.1, 0.15) is 11.3 Å². The molecule has 29 heavy (non-hydrogen) atoms. The molecule has 0 atom stereocenters. The lowest BCUT2D eigenvalue weighted by molar-refractivity contribution is 0.392. The van der Waals surface area contributed by atoms with Crippen LogP contribution < -0.4 is 5.69 Å². The highest BCUT2D eigenvalue weighted by Crippen LogP contribution is 2.25. The Bertz CT molecular complexity index is 1200. The first-order chi connectivity index (χ1) is 13.9. The van der Waals surface area contributed by atoms with Crippen LogP contribution in [0, 0.1) is 12.7 Å². The van der Waals surface area contributed by atoms with Crippen molar-refractivity contribution in [3.8, 4) is 28.5 Å². The molecule has 0 fully saturated rings. The molecule has 2 aromatic heterocycles. The molecule has 4 aromatic rings. The number of rotatable bonds is 5. The molecule has 0 unspecified atom stereocenters. The minimum atomic E-state index is -0.267. The Hall–Kier alpha value is -3.52. The number of hydrogen-bond donors (Lipinski definition) is 1. The SMILES string of the molecule is Cc1c[nH]c(=O)n1-c1ccc(-c2nc(-c3ccc(F)c(CN(C)C)c3)no2)cc1. The molecule has 0 aliphatic heterocycles. The second-order valence-electron chi connectivity index (χ2n) is 7.08. The third-order valence-corrected chi connectivity index (χ3v) is 4.55. The molecule has 2 aromatic carbocycles. The van der Waals surface area contributed by atoms with Gasteiger partial charge in [0.25, 0.3) is 5.89 Å². The molecule has 8 heteroatoms. The second-order valence-corrected chi connectivity index (χ2v) is 7.08. The van der Waals surface area contributed by atoms with Gasteiger partial charge >= 0.3 is 5.69 Å². The minimum absolute atomic E-state index is 0.194. The van der Waals surface area contributed by atoms with Crippen molar-refractivity contribution in [1.82, 2.24) is 24.6 Å². The Morgan fingerprint density at radius 2 is 1.86 bits per heavy atom. The Balaban J connectivity index is 1.62. The monoisotopic (exact) mass is 393 g/mol. The number of hydrogen-bond acceptors (Lipinski definition) is 5. The summed E-state index contributed by atoms with van der Waals surface area (Å²) < 4.78 is 21.0. The lowest BCUT2D eigenvalue weighted by atomic mass is 10.1. The fourth-order valence-corrected chi connectivity index (χ4v) is 3.16. The zero-order valence-corrected chi connectivity index (χ0v) is 16.3. The highest BCUT2D eigenvalue weighted by atomic mass is 19.1. The molecule has 0 saturated heterocycles. The van der Waals surface area contributed by atoms with Gasteiger partial charge in [0, 0.05) is 35.1 Å². The highest BCUT2D eigenvalue weighted by molar-refractivity contribution is 5.61. The molecule has 7 nitrogen and oxygen atoms in total. The number of imidazole rings is 1. The first-order valence-electron chi connectivity index (χ1n) is 9.07. The summed E-state index contributed by atoms with van der Waals surface area (Å²) in [5, 5.41) is 4.03. The fourth-order valence-electron chi connectivity index (χ4n) is 3.16. The van der Waals surface area contributed by atoms with E-state index < -0.39 is 0 Å². The number of aryl methyl sites for hydroxylation is 1. The van der Waals surface area contributed by atoms with E-state index in [1.165, 1.54) is 6.07 Å². The first kappa shape index (κ1) is 18.8. The standard InChI is InChI=1S/C21H20FN5O2/c1-13-11-23-21(28)27(13)17-7-4-14(5-8-17)20-24-19(25-29-20)15-6-9-18(22)16(10-15)12-26(2)3/h4-11H,12H2,1-3H3,(H,23,28). The van der Waals surface area contributed by atoms with Gasteiger partial charge in [0.05, 0.1) is 5.69 Å². The maximum Gasteiger partial charge on any atom is 0.330 e. The lowest BCUT2D eigenvalue weighted by Crippen LogP contribution is -2.15. The predicted molar refractivity (Wildman–Crippen MR) is 107 cm³/mol. The molecule has 0 amide bonds. The topological polar surface area (TPSA) is 80.0 Å². The molecule has 148 valence electrons.